The molecule has 0 aliphatic heterocycles. The Balaban J connectivity index is 1.78. The molecular weight excluding hydrogens is 424 g/mol. The quantitative estimate of drug-likeness (QED) is 0.288. The van der Waals surface area contributed by atoms with Gasteiger partial charge in [-0.2, -0.15) is 0 Å². The summed E-state index contributed by atoms with van der Waals surface area (Å²) in [6.45, 7) is 3.07. The molecule has 0 saturated carbocycles. The second-order valence-electron chi connectivity index (χ2n) is 7.42. The Morgan fingerprint density at radius 3 is 2.27 bits per heavy atom. The van der Waals surface area contributed by atoms with Gasteiger partial charge in [-0.3, -0.25) is 19.7 Å². The standard InChI is InChI=1S/C25H24N2O6/c1-16(26-17(2)28)18-4-6-20(7-5-18)24(29)15-33-25-13-10-21(27(30)31)14-23(25)19-8-11-22(32-3)12-9-19/h4-14,16H,15H2,1-3H3,(H,26,28). The number of ether oxygens (including phenoxy) is 2. The molecule has 8 heteroatoms. The number of nitro groups is 1. The third-order valence-electron chi connectivity index (χ3n) is 5.09. The van der Waals surface area contributed by atoms with Crippen LogP contribution in [0.2, 0.25) is 0 Å². The highest BCUT2D eigenvalue weighted by Gasteiger charge is 2.16. The number of hydrogen-bond acceptors (Lipinski definition) is 6. The van der Waals surface area contributed by atoms with Crippen molar-refractivity contribution < 1.29 is 24.0 Å². The predicted molar refractivity (Wildman–Crippen MR) is 124 cm³/mol. The molecule has 0 aliphatic carbocycles. The van der Waals surface area contributed by atoms with E-state index in [9.17, 15) is 19.7 Å². The van der Waals surface area contributed by atoms with E-state index in [4.69, 9.17) is 9.47 Å². The Labute approximate surface area is 191 Å². The minimum absolute atomic E-state index is 0.0802. The van der Waals surface area contributed by atoms with Crippen LogP contribution in [0.15, 0.2) is 66.7 Å². The number of nitrogens with one attached hydrogen (secondary N) is 1. The van der Waals surface area contributed by atoms with Gasteiger partial charge in [-0.05, 0) is 36.2 Å². The summed E-state index contributed by atoms with van der Waals surface area (Å²) in [5.41, 5.74) is 2.45. The maximum Gasteiger partial charge on any atom is 0.270 e. The molecular formula is C25H24N2O6. The molecule has 33 heavy (non-hydrogen) atoms. The fourth-order valence-corrected chi connectivity index (χ4v) is 3.33. The molecule has 3 rings (SSSR count). The predicted octanol–water partition coefficient (Wildman–Crippen LogP) is 4.73. The first-order valence-electron chi connectivity index (χ1n) is 10.2. The number of carbonyl (C=O) groups excluding carboxylic acids is 2. The molecule has 0 heterocycles. The van der Waals surface area contributed by atoms with Gasteiger partial charge in [0.05, 0.1) is 18.1 Å². The summed E-state index contributed by atoms with van der Waals surface area (Å²) in [4.78, 5) is 34.7. The Kier molecular flexibility index (Phi) is 7.40. The molecule has 0 radical (unpaired) electrons. The number of rotatable bonds is 9. The van der Waals surface area contributed by atoms with Crippen LogP contribution in [0, 0.1) is 10.1 Å². The lowest BCUT2D eigenvalue weighted by Crippen LogP contribution is -2.23. The van der Waals surface area contributed by atoms with Gasteiger partial charge in [-0.15, -0.1) is 0 Å². The van der Waals surface area contributed by atoms with Crippen molar-refractivity contribution in [3.63, 3.8) is 0 Å². The molecule has 0 saturated heterocycles. The largest absolute Gasteiger partial charge is 0.497 e. The molecule has 1 N–H and O–H groups in total. The first-order valence-corrected chi connectivity index (χ1v) is 10.2. The van der Waals surface area contributed by atoms with Crippen molar-refractivity contribution in [3.05, 3.63) is 88.0 Å². The third-order valence-corrected chi connectivity index (χ3v) is 5.09. The third kappa shape index (κ3) is 5.94. The molecule has 8 nitrogen and oxygen atoms in total. The van der Waals surface area contributed by atoms with Gasteiger partial charge in [0.1, 0.15) is 11.5 Å². The molecule has 1 unspecified atom stereocenters. The van der Waals surface area contributed by atoms with Crippen LogP contribution >= 0.6 is 0 Å². The van der Waals surface area contributed by atoms with Crippen LogP contribution in [0.25, 0.3) is 11.1 Å². The highest BCUT2D eigenvalue weighted by atomic mass is 16.6. The van der Waals surface area contributed by atoms with E-state index in [0.29, 0.717) is 28.2 Å². The van der Waals surface area contributed by atoms with Crippen molar-refractivity contribution in [2.24, 2.45) is 0 Å². The number of methoxy groups -OCH3 is 1. The van der Waals surface area contributed by atoms with Crippen LogP contribution in [-0.4, -0.2) is 30.3 Å². The van der Waals surface area contributed by atoms with Gasteiger partial charge in [-0.25, -0.2) is 0 Å². The van der Waals surface area contributed by atoms with E-state index >= 15 is 0 Å². The Hall–Kier alpha value is -4.20. The molecule has 0 fully saturated rings. The summed E-state index contributed by atoms with van der Waals surface area (Å²) in [7, 11) is 1.55. The highest BCUT2D eigenvalue weighted by molar-refractivity contribution is 5.97. The number of amides is 1. The number of nitrogens with zero attached hydrogens (tertiary/aromatic N) is 1. The Morgan fingerprint density at radius 1 is 1.03 bits per heavy atom. The van der Waals surface area contributed by atoms with Crippen molar-refractivity contribution in [1.29, 1.82) is 0 Å². The summed E-state index contributed by atoms with van der Waals surface area (Å²) in [6, 6.07) is 18.0. The number of benzene rings is 3. The molecule has 3 aromatic carbocycles. The van der Waals surface area contributed by atoms with Crippen molar-refractivity contribution in [1.82, 2.24) is 5.32 Å². The Morgan fingerprint density at radius 2 is 1.70 bits per heavy atom. The number of carbonyl (C=O) groups is 2. The zero-order valence-corrected chi connectivity index (χ0v) is 18.5. The first kappa shape index (κ1) is 23.5. The number of hydrogen-bond donors (Lipinski definition) is 1. The second-order valence-corrected chi connectivity index (χ2v) is 7.42. The lowest BCUT2D eigenvalue weighted by atomic mass is 10.0. The zero-order chi connectivity index (χ0) is 24.0. The van der Waals surface area contributed by atoms with Gasteiger partial charge in [0.15, 0.2) is 12.4 Å². The summed E-state index contributed by atoms with van der Waals surface area (Å²) in [5.74, 6) is 0.632. The molecule has 1 amide bonds. The van der Waals surface area contributed by atoms with Gasteiger partial charge >= 0.3 is 0 Å². The molecule has 170 valence electrons. The summed E-state index contributed by atoms with van der Waals surface area (Å²) in [5, 5.41) is 14.0. The average Bonchev–Trinajstić information content (AvgIpc) is 2.82. The Bertz CT molecular complexity index is 1160. The van der Waals surface area contributed by atoms with E-state index in [1.807, 2.05) is 6.92 Å². The number of ketones is 1. The molecule has 3 aromatic rings. The van der Waals surface area contributed by atoms with E-state index in [2.05, 4.69) is 5.32 Å². The van der Waals surface area contributed by atoms with Crippen LogP contribution in [-0.2, 0) is 4.79 Å². The molecule has 0 spiro atoms. The fraction of sp³-hybridized carbons (Fsp3) is 0.200. The second kappa shape index (κ2) is 10.4. The highest BCUT2D eigenvalue weighted by Crippen LogP contribution is 2.34. The van der Waals surface area contributed by atoms with Crippen LogP contribution in [0.1, 0.15) is 35.8 Å². The minimum Gasteiger partial charge on any atom is -0.497 e. The summed E-state index contributed by atoms with van der Waals surface area (Å²) >= 11 is 0. The van der Waals surface area contributed by atoms with Crippen LogP contribution in [0.5, 0.6) is 11.5 Å². The summed E-state index contributed by atoms with van der Waals surface area (Å²) < 4.78 is 10.9. The van der Waals surface area contributed by atoms with Gasteiger partial charge in [0.2, 0.25) is 5.91 Å². The van der Waals surface area contributed by atoms with Gasteiger partial charge in [0.25, 0.3) is 5.69 Å². The van der Waals surface area contributed by atoms with E-state index in [1.54, 1.807) is 55.6 Å². The minimum atomic E-state index is -0.481. The lowest BCUT2D eigenvalue weighted by molar-refractivity contribution is -0.384. The van der Waals surface area contributed by atoms with Gasteiger partial charge < -0.3 is 14.8 Å². The van der Waals surface area contributed by atoms with E-state index in [0.717, 1.165) is 5.56 Å². The van der Waals surface area contributed by atoms with E-state index < -0.39 is 4.92 Å². The van der Waals surface area contributed by atoms with Crippen molar-refractivity contribution in [2.75, 3.05) is 13.7 Å². The maximum atomic E-state index is 12.7. The number of non-ortho nitro benzene ring substituents is 1. The van der Waals surface area contributed by atoms with Crippen molar-refractivity contribution in [2.45, 2.75) is 19.9 Å². The normalized spacial score (nSPS) is 11.4. The maximum absolute atomic E-state index is 12.7. The fourth-order valence-electron chi connectivity index (χ4n) is 3.33. The topological polar surface area (TPSA) is 108 Å². The smallest absolute Gasteiger partial charge is 0.270 e. The van der Waals surface area contributed by atoms with Gasteiger partial charge in [-0.1, -0.05) is 36.4 Å². The van der Waals surface area contributed by atoms with Crippen LogP contribution in [0.3, 0.4) is 0 Å². The van der Waals surface area contributed by atoms with E-state index in [-0.39, 0.29) is 30.0 Å². The monoisotopic (exact) mass is 448 g/mol. The molecule has 0 aliphatic rings. The van der Waals surface area contributed by atoms with Crippen molar-refractivity contribution in [3.8, 4) is 22.6 Å². The van der Waals surface area contributed by atoms with Crippen LogP contribution < -0.4 is 14.8 Å². The first-order chi connectivity index (χ1) is 15.8. The van der Waals surface area contributed by atoms with Crippen LogP contribution in [0.4, 0.5) is 5.69 Å². The van der Waals surface area contributed by atoms with E-state index in [1.165, 1.54) is 25.1 Å². The average molecular weight is 448 g/mol. The molecule has 1 atom stereocenters. The zero-order valence-electron chi connectivity index (χ0n) is 18.5. The summed E-state index contributed by atoms with van der Waals surface area (Å²) in [6.07, 6.45) is 0. The van der Waals surface area contributed by atoms with Gasteiger partial charge in [0, 0.05) is 30.2 Å². The SMILES string of the molecule is COc1ccc(-c2cc([N+](=O)[O-])ccc2OCC(=O)c2ccc(C(C)NC(C)=O)cc2)cc1. The molecule has 0 bridgehead atoms. The number of Topliss-reactive ketones (excluding diaryl/α,β-unsaturated/α-hetero) is 1. The lowest BCUT2D eigenvalue weighted by Gasteiger charge is -2.14. The molecule has 0 aromatic heterocycles. The van der Waals surface area contributed by atoms with Crippen molar-refractivity contribution >= 4 is 17.4 Å². The number of nitro benzene ring substituents is 1.